The van der Waals surface area contributed by atoms with Gasteiger partial charge in [-0.25, -0.2) is 5.48 Å². The zero-order valence-corrected chi connectivity index (χ0v) is 10.7. The van der Waals surface area contributed by atoms with Gasteiger partial charge in [0.05, 0.1) is 5.41 Å². The Morgan fingerprint density at radius 3 is 2.50 bits per heavy atom. The molecular formula is C14H20N2O2. The molecule has 0 unspecified atom stereocenters. The topological polar surface area (TPSA) is 52.6 Å². The van der Waals surface area contributed by atoms with E-state index in [1.165, 1.54) is 5.56 Å². The summed E-state index contributed by atoms with van der Waals surface area (Å²) in [4.78, 5) is 13.9. The summed E-state index contributed by atoms with van der Waals surface area (Å²) in [6.07, 6.45) is 1.57. The van der Waals surface area contributed by atoms with Crippen molar-refractivity contribution >= 4 is 5.91 Å². The Morgan fingerprint density at radius 2 is 1.94 bits per heavy atom. The summed E-state index contributed by atoms with van der Waals surface area (Å²) in [5.74, 6) is -0.262. The molecule has 18 heavy (non-hydrogen) atoms. The normalized spacial score (nSPS) is 19.4. The first-order valence-corrected chi connectivity index (χ1v) is 6.35. The first-order valence-electron chi connectivity index (χ1n) is 6.35. The molecule has 1 aromatic rings. The Morgan fingerprint density at radius 1 is 1.33 bits per heavy atom. The zero-order chi connectivity index (χ0) is 13.0. The van der Waals surface area contributed by atoms with Gasteiger partial charge >= 0.3 is 0 Å². The summed E-state index contributed by atoms with van der Waals surface area (Å²) in [5, 5.41) is 8.74. The van der Waals surface area contributed by atoms with E-state index < -0.39 is 5.41 Å². The van der Waals surface area contributed by atoms with Crippen LogP contribution in [0, 0.1) is 5.41 Å². The third-order valence-corrected chi connectivity index (χ3v) is 3.86. The van der Waals surface area contributed by atoms with Crippen molar-refractivity contribution in [3.8, 4) is 0 Å². The van der Waals surface area contributed by atoms with Gasteiger partial charge in [0.1, 0.15) is 0 Å². The second-order valence-electron chi connectivity index (χ2n) is 5.26. The highest BCUT2D eigenvalue weighted by Crippen LogP contribution is 2.31. The predicted octanol–water partition coefficient (Wildman–Crippen LogP) is 1.79. The number of carbonyl (C=O) groups excluding carboxylic acids is 1. The summed E-state index contributed by atoms with van der Waals surface area (Å²) >= 11 is 0. The van der Waals surface area contributed by atoms with E-state index in [4.69, 9.17) is 5.21 Å². The number of likely N-dealkylation sites (tertiary alicyclic amines) is 1. The Hall–Kier alpha value is -1.39. The number of amides is 1. The summed E-state index contributed by atoms with van der Waals surface area (Å²) in [6.45, 7) is 4.62. The predicted molar refractivity (Wildman–Crippen MR) is 69.0 cm³/mol. The van der Waals surface area contributed by atoms with Crippen molar-refractivity contribution < 1.29 is 10.0 Å². The van der Waals surface area contributed by atoms with Gasteiger partial charge in [-0.15, -0.1) is 0 Å². The number of nitrogens with one attached hydrogen (secondary N) is 1. The van der Waals surface area contributed by atoms with Crippen molar-refractivity contribution in [3.63, 3.8) is 0 Å². The van der Waals surface area contributed by atoms with Crippen LogP contribution in [0.4, 0.5) is 0 Å². The van der Waals surface area contributed by atoms with Crippen molar-refractivity contribution in [1.29, 1.82) is 0 Å². The maximum absolute atomic E-state index is 11.6. The summed E-state index contributed by atoms with van der Waals surface area (Å²) < 4.78 is 0. The third kappa shape index (κ3) is 2.89. The van der Waals surface area contributed by atoms with E-state index in [0.29, 0.717) is 0 Å². The van der Waals surface area contributed by atoms with Crippen LogP contribution in [0.5, 0.6) is 0 Å². The minimum Gasteiger partial charge on any atom is -0.299 e. The molecule has 4 heteroatoms. The molecule has 1 aliphatic rings. The zero-order valence-electron chi connectivity index (χ0n) is 10.7. The molecule has 4 nitrogen and oxygen atoms in total. The molecule has 0 aromatic heterocycles. The maximum atomic E-state index is 11.6. The van der Waals surface area contributed by atoms with E-state index in [-0.39, 0.29) is 5.91 Å². The Labute approximate surface area is 108 Å². The van der Waals surface area contributed by atoms with Crippen LogP contribution in [0.1, 0.15) is 25.3 Å². The van der Waals surface area contributed by atoms with E-state index >= 15 is 0 Å². The van der Waals surface area contributed by atoms with Crippen LogP contribution in [-0.4, -0.2) is 29.1 Å². The van der Waals surface area contributed by atoms with Gasteiger partial charge in [0, 0.05) is 6.54 Å². The van der Waals surface area contributed by atoms with Crippen molar-refractivity contribution in [2.75, 3.05) is 13.1 Å². The summed E-state index contributed by atoms with van der Waals surface area (Å²) in [5.41, 5.74) is 2.65. The van der Waals surface area contributed by atoms with E-state index in [0.717, 1.165) is 32.5 Å². The fourth-order valence-corrected chi connectivity index (χ4v) is 2.41. The first-order chi connectivity index (χ1) is 8.64. The van der Waals surface area contributed by atoms with Crippen LogP contribution in [0.25, 0.3) is 0 Å². The van der Waals surface area contributed by atoms with Crippen LogP contribution in [0.15, 0.2) is 30.3 Å². The summed E-state index contributed by atoms with van der Waals surface area (Å²) in [6, 6.07) is 10.3. The highest BCUT2D eigenvalue weighted by atomic mass is 16.5. The lowest BCUT2D eigenvalue weighted by Crippen LogP contribution is -2.46. The van der Waals surface area contributed by atoms with E-state index in [9.17, 15) is 4.79 Å². The van der Waals surface area contributed by atoms with Gasteiger partial charge in [0.25, 0.3) is 0 Å². The summed E-state index contributed by atoms with van der Waals surface area (Å²) in [7, 11) is 0. The van der Waals surface area contributed by atoms with Crippen molar-refractivity contribution in [2.24, 2.45) is 5.41 Å². The molecule has 2 N–H and O–H groups in total. The number of piperidine rings is 1. The molecule has 1 amide bonds. The lowest BCUT2D eigenvalue weighted by Gasteiger charge is -2.37. The van der Waals surface area contributed by atoms with Crippen LogP contribution >= 0.6 is 0 Å². The Bertz CT molecular complexity index is 398. The van der Waals surface area contributed by atoms with Gasteiger partial charge < -0.3 is 0 Å². The number of carbonyl (C=O) groups is 1. The smallest absolute Gasteiger partial charge is 0.249 e. The van der Waals surface area contributed by atoms with E-state index in [1.54, 1.807) is 5.48 Å². The molecule has 1 aromatic carbocycles. The fourth-order valence-electron chi connectivity index (χ4n) is 2.41. The maximum Gasteiger partial charge on any atom is 0.249 e. The molecule has 0 radical (unpaired) electrons. The van der Waals surface area contributed by atoms with E-state index in [1.807, 2.05) is 25.1 Å². The minimum absolute atomic E-state index is 0.262. The molecule has 0 saturated carbocycles. The molecule has 1 fully saturated rings. The second-order valence-corrected chi connectivity index (χ2v) is 5.26. The number of benzene rings is 1. The van der Waals surface area contributed by atoms with Gasteiger partial charge in [0.15, 0.2) is 0 Å². The van der Waals surface area contributed by atoms with Crippen molar-refractivity contribution in [3.05, 3.63) is 35.9 Å². The number of hydrogen-bond donors (Lipinski definition) is 2. The minimum atomic E-state index is -0.429. The second kappa shape index (κ2) is 5.50. The quantitative estimate of drug-likeness (QED) is 0.633. The number of hydroxylamine groups is 1. The van der Waals surface area contributed by atoms with Crippen LogP contribution < -0.4 is 5.48 Å². The highest BCUT2D eigenvalue weighted by molar-refractivity contribution is 5.81. The molecule has 0 bridgehead atoms. The van der Waals surface area contributed by atoms with Crippen LogP contribution in [0.3, 0.4) is 0 Å². The average Bonchev–Trinajstić information content (AvgIpc) is 2.42. The van der Waals surface area contributed by atoms with Gasteiger partial charge in [-0.3, -0.25) is 14.9 Å². The molecule has 1 saturated heterocycles. The largest absolute Gasteiger partial charge is 0.299 e. The number of hydrogen-bond acceptors (Lipinski definition) is 3. The van der Waals surface area contributed by atoms with E-state index in [2.05, 4.69) is 17.0 Å². The molecule has 0 aliphatic carbocycles. The van der Waals surface area contributed by atoms with Crippen LogP contribution in [0.2, 0.25) is 0 Å². The van der Waals surface area contributed by atoms with Gasteiger partial charge in [-0.05, 0) is 31.5 Å². The lowest BCUT2D eigenvalue weighted by atomic mass is 9.79. The Balaban J connectivity index is 1.89. The fraction of sp³-hybridized carbons (Fsp3) is 0.500. The first kappa shape index (κ1) is 13.1. The van der Waals surface area contributed by atoms with Crippen LogP contribution in [-0.2, 0) is 11.3 Å². The average molecular weight is 248 g/mol. The Kier molecular flexibility index (Phi) is 3.99. The van der Waals surface area contributed by atoms with Crippen molar-refractivity contribution in [1.82, 2.24) is 10.4 Å². The van der Waals surface area contributed by atoms with Gasteiger partial charge in [-0.2, -0.15) is 0 Å². The molecule has 2 rings (SSSR count). The third-order valence-electron chi connectivity index (χ3n) is 3.86. The number of rotatable bonds is 3. The molecule has 1 aliphatic heterocycles. The van der Waals surface area contributed by atoms with Gasteiger partial charge in [-0.1, -0.05) is 37.3 Å². The lowest BCUT2D eigenvalue weighted by molar-refractivity contribution is -0.141. The highest BCUT2D eigenvalue weighted by Gasteiger charge is 2.36. The molecule has 98 valence electrons. The molecular weight excluding hydrogens is 228 g/mol. The van der Waals surface area contributed by atoms with Crippen molar-refractivity contribution in [2.45, 2.75) is 26.3 Å². The standard InChI is InChI=1S/C14H20N2O2/c1-14(13(17)15-18)7-9-16(10-8-14)11-12-5-3-2-4-6-12/h2-6,18H,7-11H2,1H3,(H,15,17). The van der Waals surface area contributed by atoms with Gasteiger partial charge in [0.2, 0.25) is 5.91 Å². The molecule has 0 atom stereocenters. The SMILES string of the molecule is CC1(C(=O)NO)CCN(Cc2ccccc2)CC1. The molecule has 0 spiro atoms. The monoisotopic (exact) mass is 248 g/mol. The molecule has 1 heterocycles. The number of nitrogens with zero attached hydrogens (tertiary/aromatic N) is 1.